The van der Waals surface area contributed by atoms with Crippen molar-refractivity contribution in [2.24, 2.45) is 5.73 Å². The van der Waals surface area contributed by atoms with Gasteiger partial charge in [-0.15, -0.1) is 0 Å². The second-order valence-corrected chi connectivity index (χ2v) is 6.20. The Morgan fingerprint density at radius 3 is 2.33 bits per heavy atom. The molecule has 0 saturated carbocycles. The van der Waals surface area contributed by atoms with Crippen molar-refractivity contribution in [3.8, 4) is 0 Å². The van der Waals surface area contributed by atoms with Gasteiger partial charge in [-0.05, 0) is 48.9 Å². The monoisotopic (exact) mass is 389 g/mol. The lowest BCUT2D eigenvalue weighted by Crippen LogP contribution is -2.26. The van der Waals surface area contributed by atoms with Crippen LogP contribution in [0.2, 0.25) is 0 Å². The van der Waals surface area contributed by atoms with E-state index >= 15 is 0 Å². The number of nitrogens with one attached hydrogen (secondary N) is 2. The molecule has 0 spiro atoms. The number of rotatable bonds is 7. The highest BCUT2D eigenvalue weighted by molar-refractivity contribution is 9.10. The Morgan fingerprint density at radius 2 is 1.67 bits per heavy atom. The smallest absolute Gasteiger partial charge is 0.251 e. The molecular formula is C18H20BrN3O2. The molecule has 0 saturated heterocycles. The zero-order valence-corrected chi connectivity index (χ0v) is 14.8. The molecule has 6 heteroatoms. The van der Waals surface area contributed by atoms with E-state index in [0.29, 0.717) is 30.8 Å². The van der Waals surface area contributed by atoms with Crippen LogP contribution in [0, 0.1) is 0 Å². The van der Waals surface area contributed by atoms with Crippen LogP contribution in [0.15, 0.2) is 53.0 Å². The van der Waals surface area contributed by atoms with Crippen molar-refractivity contribution in [2.75, 3.05) is 13.1 Å². The number of carbonyl (C=O) groups is 2. The molecule has 126 valence electrons. The van der Waals surface area contributed by atoms with Crippen LogP contribution in [0.3, 0.4) is 0 Å². The molecule has 0 aliphatic heterocycles. The fraction of sp³-hybridized carbons (Fsp3) is 0.222. The summed E-state index contributed by atoms with van der Waals surface area (Å²) in [5.41, 5.74) is 7.51. The van der Waals surface area contributed by atoms with E-state index in [1.165, 1.54) is 0 Å². The number of hydrogen-bond donors (Lipinski definition) is 3. The summed E-state index contributed by atoms with van der Waals surface area (Å²) >= 11 is 3.35. The van der Waals surface area contributed by atoms with Gasteiger partial charge >= 0.3 is 0 Å². The topological polar surface area (TPSA) is 84.2 Å². The maximum Gasteiger partial charge on any atom is 0.251 e. The van der Waals surface area contributed by atoms with Gasteiger partial charge in [0.1, 0.15) is 0 Å². The quantitative estimate of drug-likeness (QED) is 0.635. The number of halogens is 1. The third-order valence-corrected chi connectivity index (χ3v) is 3.92. The van der Waals surface area contributed by atoms with Gasteiger partial charge in [0, 0.05) is 28.7 Å². The van der Waals surface area contributed by atoms with E-state index < -0.39 is 0 Å². The van der Waals surface area contributed by atoms with Crippen LogP contribution < -0.4 is 16.4 Å². The number of benzene rings is 2. The van der Waals surface area contributed by atoms with E-state index in [1.807, 2.05) is 24.3 Å². The molecule has 0 heterocycles. The summed E-state index contributed by atoms with van der Waals surface area (Å²) < 4.78 is 0.861. The van der Waals surface area contributed by atoms with Gasteiger partial charge in [0.25, 0.3) is 11.8 Å². The Kier molecular flexibility index (Phi) is 6.96. The van der Waals surface area contributed by atoms with E-state index in [-0.39, 0.29) is 11.8 Å². The van der Waals surface area contributed by atoms with Gasteiger partial charge in [-0.3, -0.25) is 9.59 Å². The molecule has 24 heavy (non-hydrogen) atoms. The molecule has 2 aromatic carbocycles. The lowest BCUT2D eigenvalue weighted by atomic mass is 10.1. The van der Waals surface area contributed by atoms with Crippen molar-refractivity contribution < 1.29 is 9.59 Å². The fourth-order valence-electron chi connectivity index (χ4n) is 2.09. The van der Waals surface area contributed by atoms with E-state index in [4.69, 9.17) is 5.73 Å². The molecule has 4 N–H and O–H groups in total. The lowest BCUT2D eigenvalue weighted by Gasteiger charge is -2.07. The summed E-state index contributed by atoms with van der Waals surface area (Å²) in [7, 11) is 0. The summed E-state index contributed by atoms with van der Waals surface area (Å²) in [5, 5.41) is 5.66. The average Bonchev–Trinajstić information content (AvgIpc) is 2.60. The number of carbonyl (C=O) groups excluding carboxylic acids is 2. The molecule has 2 amide bonds. The highest BCUT2D eigenvalue weighted by Crippen LogP contribution is 2.12. The molecule has 0 unspecified atom stereocenters. The molecular weight excluding hydrogens is 370 g/mol. The van der Waals surface area contributed by atoms with Crippen LogP contribution in [0.5, 0.6) is 0 Å². The molecule has 0 aromatic heterocycles. The predicted molar refractivity (Wildman–Crippen MR) is 97.8 cm³/mol. The molecule has 0 atom stereocenters. The van der Waals surface area contributed by atoms with Gasteiger partial charge in [0.15, 0.2) is 0 Å². The highest BCUT2D eigenvalue weighted by Gasteiger charge is 2.07. The SMILES string of the molecule is NCCCNC(=O)c1ccc(CNC(=O)c2cccc(Br)c2)cc1. The Bertz CT molecular complexity index is 702. The fourth-order valence-corrected chi connectivity index (χ4v) is 2.49. The van der Waals surface area contributed by atoms with Crippen LogP contribution in [-0.4, -0.2) is 24.9 Å². The van der Waals surface area contributed by atoms with E-state index in [1.54, 1.807) is 24.3 Å². The predicted octanol–water partition coefficient (Wildman–Crippen LogP) is 2.46. The van der Waals surface area contributed by atoms with Crippen LogP contribution in [0.4, 0.5) is 0 Å². The molecule has 2 rings (SSSR count). The van der Waals surface area contributed by atoms with Crippen molar-refractivity contribution in [3.63, 3.8) is 0 Å². The van der Waals surface area contributed by atoms with Crippen LogP contribution >= 0.6 is 15.9 Å². The van der Waals surface area contributed by atoms with Gasteiger partial charge in [-0.2, -0.15) is 0 Å². The Labute approximate surface area is 149 Å². The minimum Gasteiger partial charge on any atom is -0.352 e. The van der Waals surface area contributed by atoms with Gasteiger partial charge in [0.05, 0.1) is 0 Å². The van der Waals surface area contributed by atoms with Gasteiger partial charge < -0.3 is 16.4 Å². The molecule has 0 radical (unpaired) electrons. The maximum atomic E-state index is 12.1. The number of amides is 2. The number of nitrogens with two attached hydrogens (primary N) is 1. The Hall–Kier alpha value is -2.18. The lowest BCUT2D eigenvalue weighted by molar-refractivity contribution is 0.0943. The highest BCUT2D eigenvalue weighted by atomic mass is 79.9. The van der Waals surface area contributed by atoms with Gasteiger partial charge in [-0.25, -0.2) is 0 Å². The molecule has 0 aliphatic carbocycles. The van der Waals surface area contributed by atoms with Crippen molar-refractivity contribution in [1.82, 2.24) is 10.6 Å². The second-order valence-electron chi connectivity index (χ2n) is 5.29. The minimum atomic E-state index is -0.139. The summed E-state index contributed by atoms with van der Waals surface area (Å²) in [4.78, 5) is 24.0. The summed E-state index contributed by atoms with van der Waals surface area (Å²) in [6.45, 7) is 1.52. The van der Waals surface area contributed by atoms with Crippen LogP contribution in [-0.2, 0) is 6.54 Å². The Morgan fingerprint density at radius 1 is 0.958 bits per heavy atom. The van der Waals surface area contributed by atoms with Crippen LogP contribution in [0.25, 0.3) is 0 Å². The van der Waals surface area contributed by atoms with Crippen molar-refractivity contribution in [1.29, 1.82) is 0 Å². The van der Waals surface area contributed by atoms with E-state index in [2.05, 4.69) is 26.6 Å². The van der Waals surface area contributed by atoms with E-state index in [0.717, 1.165) is 16.5 Å². The van der Waals surface area contributed by atoms with Gasteiger partial charge in [0.2, 0.25) is 0 Å². The molecule has 0 aliphatic rings. The summed E-state index contributed by atoms with van der Waals surface area (Å²) in [6.07, 6.45) is 0.755. The summed E-state index contributed by atoms with van der Waals surface area (Å²) in [5.74, 6) is -0.256. The first-order valence-corrected chi connectivity index (χ1v) is 8.50. The molecule has 0 bridgehead atoms. The average molecular weight is 390 g/mol. The third kappa shape index (κ3) is 5.47. The first-order chi connectivity index (χ1) is 11.6. The minimum absolute atomic E-state index is 0.117. The zero-order chi connectivity index (χ0) is 17.4. The first kappa shape index (κ1) is 18.2. The Balaban J connectivity index is 1.87. The normalized spacial score (nSPS) is 10.2. The standard InChI is InChI=1S/C18H20BrN3O2/c19-16-4-1-3-15(11-16)18(24)22-12-13-5-7-14(8-6-13)17(23)21-10-2-9-20/h1,3-8,11H,2,9-10,12,20H2,(H,21,23)(H,22,24). The number of hydrogen-bond acceptors (Lipinski definition) is 3. The summed E-state index contributed by atoms with van der Waals surface area (Å²) in [6, 6.07) is 14.4. The van der Waals surface area contributed by atoms with Crippen molar-refractivity contribution in [3.05, 3.63) is 69.7 Å². The second kappa shape index (κ2) is 9.20. The van der Waals surface area contributed by atoms with Gasteiger partial charge in [-0.1, -0.05) is 34.1 Å². The maximum absolute atomic E-state index is 12.1. The first-order valence-electron chi connectivity index (χ1n) is 7.71. The van der Waals surface area contributed by atoms with Crippen molar-refractivity contribution in [2.45, 2.75) is 13.0 Å². The largest absolute Gasteiger partial charge is 0.352 e. The van der Waals surface area contributed by atoms with E-state index in [9.17, 15) is 9.59 Å². The third-order valence-electron chi connectivity index (χ3n) is 3.42. The molecule has 2 aromatic rings. The zero-order valence-electron chi connectivity index (χ0n) is 13.2. The van der Waals surface area contributed by atoms with Crippen molar-refractivity contribution >= 4 is 27.7 Å². The molecule has 0 fully saturated rings. The molecule has 5 nitrogen and oxygen atoms in total. The van der Waals surface area contributed by atoms with Crippen LogP contribution in [0.1, 0.15) is 32.7 Å².